The molecule has 244 valence electrons. The predicted octanol–water partition coefficient (Wildman–Crippen LogP) is 4.74. The molecule has 10 nitrogen and oxygen atoms in total. The molecule has 1 saturated heterocycles. The molecule has 4 rings (SSSR count). The number of nitrogens with zero attached hydrogens (tertiary/aromatic N) is 1. The van der Waals surface area contributed by atoms with Crippen LogP contribution in [-0.2, 0) is 24.5 Å². The fourth-order valence-corrected chi connectivity index (χ4v) is 5.79. The second kappa shape index (κ2) is 14.7. The molecule has 1 saturated carbocycles. The minimum absolute atomic E-state index is 0.132. The summed E-state index contributed by atoms with van der Waals surface area (Å²) in [5.74, 6) is -1.70. The maximum atomic E-state index is 13.4. The lowest BCUT2D eigenvalue weighted by Crippen LogP contribution is -2.49. The summed E-state index contributed by atoms with van der Waals surface area (Å²) in [7, 11) is 0. The second-order valence-corrected chi connectivity index (χ2v) is 13.2. The Hall–Kier alpha value is -3.47. The van der Waals surface area contributed by atoms with E-state index in [0.29, 0.717) is 17.9 Å². The largest absolute Gasteiger partial charge is 0.436 e. The van der Waals surface area contributed by atoms with Crippen LogP contribution in [0.25, 0.3) is 0 Å². The van der Waals surface area contributed by atoms with Gasteiger partial charge in [-0.3, -0.25) is 19.4 Å². The van der Waals surface area contributed by atoms with Crippen LogP contribution in [-0.4, -0.2) is 64.1 Å². The van der Waals surface area contributed by atoms with Crippen LogP contribution >= 0.6 is 11.6 Å². The van der Waals surface area contributed by atoms with E-state index in [2.05, 4.69) is 16.1 Å². The quantitative estimate of drug-likeness (QED) is 0.206. The lowest BCUT2D eigenvalue weighted by molar-refractivity contribution is -0.151. The van der Waals surface area contributed by atoms with Crippen molar-refractivity contribution in [2.24, 2.45) is 0 Å². The molecule has 2 fully saturated rings. The van der Waals surface area contributed by atoms with Crippen LogP contribution in [0, 0.1) is 0 Å². The van der Waals surface area contributed by atoms with Gasteiger partial charge >= 0.3 is 6.09 Å². The molecular weight excluding hydrogens is 596 g/mol. The summed E-state index contributed by atoms with van der Waals surface area (Å²) >= 11 is 6.30. The van der Waals surface area contributed by atoms with E-state index >= 15 is 0 Å². The van der Waals surface area contributed by atoms with Crippen LogP contribution in [0.2, 0.25) is 5.02 Å². The molecule has 11 heteroatoms. The van der Waals surface area contributed by atoms with Gasteiger partial charge in [-0.25, -0.2) is 10.2 Å². The van der Waals surface area contributed by atoms with Crippen molar-refractivity contribution in [2.45, 2.75) is 108 Å². The van der Waals surface area contributed by atoms with E-state index in [1.54, 1.807) is 13.0 Å². The van der Waals surface area contributed by atoms with E-state index in [-0.39, 0.29) is 25.4 Å². The molecule has 2 aliphatic rings. The smallest absolute Gasteiger partial charge is 0.408 e. The Balaban J connectivity index is 1.40. The van der Waals surface area contributed by atoms with Gasteiger partial charge < -0.3 is 20.5 Å². The number of ether oxygens (including phenoxy) is 1. The Morgan fingerprint density at radius 2 is 1.80 bits per heavy atom. The van der Waals surface area contributed by atoms with Gasteiger partial charge in [0.15, 0.2) is 11.9 Å². The van der Waals surface area contributed by atoms with Crippen molar-refractivity contribution in [1.82, 2.24) is 21.1 Å². The first-order chi connectivity index (χ1) is 21.3. The number of hydrogen-bond acceptors (Lipinski definition) is 7. The summed E-state index contributed by atoms with van der Waals surface area (Å²) in [6, 6.07) is 16.2. The molecule has 1 heterocycles. The standard InChI is InChI=1S/C34H45ClN4O6/c1-5-6-15-27(30(41)36-22(2)18-19-34(44)28(40)21-39(31(34)42)38-26-16-17-26)45-32(43)37-29(23-11-8-7-9-12-23)33(3,4)24-13-10-14-25(35)20-24/h7-14,20,22,26-27,29,38,44H,5-6,15-19,21H2,1-4H3,(H,36,41)(H,37,43)/t22-,27-,29?,34-/m0/s1. The Labute approximate surface area is 270 Å². The number of nitrogens with one attached hydrogen (secondary N) is 3. The molecule has 3 amide bonds. The number of hydrazine groups is 1. The molecule has 1 aliphatic heterocycles. The number of rotatable bonds is 15. The third-order valence-electron chi connectivity index (χ3n) is 8.65. The summed E-state index contributed by atoms with van der Waals surface area (Å²) in [6.45, 7) is 7.53. The summed E-state index contributed by atoms with van der Waals surface area (Å²) in [5, 5.41) is 18.6. The number of halogens is 1. The highest BCUT2D eigenvalue weighted by Gasteiger charge is 2.53. The van der Waals surface area contributed by atoms with E-state index in [0.717, 1.165) is 30.4 Å². The Bertz CT molecular complexity index is 1370. The number of unbranched alkanes of at least 4 members (excludes halogenated alkanes) is 1. The fourth-order valence-electron chi connectivity index (χ4n) is 5.60. The van der Waals surface area contributed by atoms with Gasteiger partial charge in [-0.15, -0.1) is 0 Å². The average molecular weight is 641 g/mol. The summed E-state index contributed by atoms with van der Waals surface area (Å²) < 4.78 is 5.75. The van der Waals surface area contributed by atoms with Crippen LogP contribution in [0.1, 0.15) is 89.8 Å². The Kier molecular flexibility index (Phi) is 11.3. The average Bonchev–Trinajstić information content (AvgIpc) is 3.81. The highest BCUT2D eigenvalue weighted by atomic mass is 35.5. The van der Waals surface area contributed by atoms with Crippen molar-refractivity contribution in [3.8, 4) is 0 Å². The van der Waals surface area contributed by atoms with Gasteiger partial charge in [0.2, 0.25) is 5.60 Å². The summed E-state index contributed by atoms with van der Waals surface area (Å²) in [4.78, 5) is 52.1. The normalized spacial score (nSPS) is 20.4. The monoisotopic (exact) mass is 640 g/mol. The van der Waals surface area contributed by atoms with E-state index in [4.69, 9.17) is 16.3 Å². The van der Waals surface area contributed by atoms with Gasteiger partial charge in [0.05, 0.1) is 12.6 Å². The van der Waals surface area contributed by atoms with E-state index in [1.807, 2.05) is 69.3 Å². The molecule has 0 aromatic heterocycles. The third kappa shape index (κ3) is 8.62. The molecule has 4 atom stereocenters. The number of aliphatic hydroxyl groups is 1. The van der Waals surface area contributed by atoms with Crippen molar-refractivity contribution in [1.29, 1.82) is 0 Å². The zero-order valence-corrected chi connectivity index (χ0v) is 27.2. The molecule has 0 spiro atoms. The van der Waals surface area contributed by atoms with Crippen molar-refractivity contribution in [3.63, 3.8) is 0 Å². The van der Waals surface area contributed by atoms with E-state index < -0.39 is 52.9 Å². The van der Waals surface area contributed by atoms with Crippen molar-refractivity contribution in [3.05, 3.63) is 70.7 Å². The first-order valence-electron chi connectivity index (χ1n) is 15.8. The van der Waals surface area contributed by atoms with Gasteiger partial charge in [0.25, 0.3) is 11.8 Å². The van der Waals surface area contributed by atoms with Crippen LogP contribution in [0.4, 0.5) is 4.79 Å². The SMILES string of the molecule is CCCC[C@H](OC(=O)NC(c1ccccc1)C(C)(C)c1cccc(Cl)c1)C(=O)N[C@@H](C)CC[C@]1(O)C(=O)CN(NC2CC2)C1=O. The molecule has 1 unspecified atom stereocenters. The topological polar surface area (TPSA) is 137 Å². The molecule has 0 radical (unpaired) electrons. The minimum atomic E-state index is -2.12. The number of carbonyl (C=O) groups is 4. The lowest BCUT2D eigenvalue weighted by atomic mass is 9.75. The number of amides is 3. The number of hydrogen-bond donors (Lipinski definition) is 4. The zero-order chi connectivity index (χ0) is 32.8. The summed E-state index contributed by atoms with van der Waals surface area (Å²) in [6.07, 6.45) is 1.86. The maximum Gasteiger partial charge on any atom is 0.408 e. The van der Waals surface area contributed by atoms with Crippen LogP contribution in [0.5, 0.6) is 0 Å². The van der Waals surface area contributed by atoms with Crippen molar-refractivity contribution >= 4 is 35.3 Å². The first-order valence-corrected chi connectivity index (χ1v) is 16.1. The molecule has 2 aromatic rings. The van der Waals surface area contributed by atoms with Crippen molar-refractivity contribution < 1.29 is 29.0 Å². The summed E-state index contributed by atoms with van der Waals surface area (Å²) in [5.41, 5.74) is 2.04. The van der Waals surface area contributed by atoms with Gasteiger partial charge in [-0.1, -0.05) is 81.3 Å². The van der Waals surface area contributed by atoms with Gasteiger partial charge in [-0.2, -0.15) is 0 Å². The molecule has 4 N–H and O–H groups in total. The van der Waals surface area contributed by atoms with E-state index in [1.165, 1.54) is 5.01 Å². The van der Waals surface area contributed by atoms with E-state index in [9.17, 15) is 24.3 Å². The Morgan fingerprint density at radius 1 is 1.09 bits per heavy atom. The number of carbonyl (C=O) groups excluding carboxylic acids is 4. The number of Topliss-reactive ketones (excluding diaryl/α,β-unsaturated/α-hetero) is 1. The molecule has 45 heavy (non-hydrogen) atoms. The maximum absolute atomic E-state index is 13.4. The molecular formula is C34H45ClN4O6. The lowest BCUT2D eigenvalue weighted by Gasteiger charge is -2.36. The highest BCUT2D eigenvalue weighted by molar-refractivity contribution is 6.30. The third-order valence-corrected chi connectivity index (χ3v) is 8.89. The van der Waals surface area contributed by atoms with Gasteiger partial charge in [0, 0.05) is 22.5 Å². The Morgan fingerprint density at radius 3 is 2.44 bits per heavy atom. The first kappa shape index (κ1) is 34.4. The number of ketones is 1. The highest BCUT2D eigenvalue weighted by Crippen LogP contribution is 2.38. The van der Waals surface area contributed by atoms with Crippen LogP contribution in [0.3, 0.4) is 0 Å². The van der Waals surface area contributed by atoms with Crippen LogP contribution < -0.4 is 16.1 Å². The second-order valence-electron chi connectivity index (χ2n) is 12.8. The predicted molar refractivity (Wildman–Crippen MR) is 171 cm³/mol. The molecule has 2 aromatic carbocycles. The minimum Gasteiger partial charge on any atom is -0.436 e. The molecule has 0 bridgehead atoms. The zero-order valence-electron chi connectivity index (χ0n) is 26.5. The van der Waals surface area contributed by atoms with Gasteiger partial charge in [0.1, 0.15) is 0 Å². The molecule has 1 aliphatic carbocycles. The van der Waals surface area contributed by atoms with Gasteiger partial charge in [-0.05, 0) is 68.7 Å². The number of benzene rings is 2. The number of alkyl carbamates (subject to hydrolysis) is 1. The van der Waals surface area contributed by atoms with Crippen LogP contribution in [0.15, 0.2) is 54.6 Å². The fraction of sp³-hybridized carbons (Fsp3) is 0.529. The van der Waals surface area contributed by atoms with Crippen molar-refractivity contribution in [2.75, 3.05) is 6.54 Å².